The molecule has 1 saturated carbocycles. The Labute approximate surface area is 87.7 Å². The number of phenols is 1. The lowest BCUT2D eigenvalue weighted by molar-refractivity contribution is -0.131. The Morgan fingerprint density at radius 1 is 1.40 bits per heavy atom. The lowest BCUT2D eigenvalue weighted by Crippen LogP contribution is -1.86. The maximum absolute atomic E-state index is 10.3. The van der Waals surface area contributed by atoms with E-state index in [2.05, 4.69) is 0 Å². The van der Waals surface area contributed by atoms with Gasteiger partial charge < -0.3 is 10.2 Å². The highest BCUT2D eigenvalue weighted by Crippen LogP contribution is 2.44. The number of aliphatic carboxylic acids is 1. The molecule has 1 aromatic carbocycles. The Hall–Kier alpha value is -1.77. The number of aromatic hydroxyl groups is 1. The van der Waals surface area contributed by atoms with Crippen LogP contribution in [0.15, 0.2) is 24.3 Å². The number of hydrogen-bond donors (Lipinski definition) is 2. The topological polar surface area (TPSA) is 57.5 Å². The second-order valence-corrected chi connectivity index (χ2v) is 3.76. The van der Waals surface area contributed by atoms with E-state index < -0.39 is 5.97 Å². The number of rotatable bonds is 3. The molecule has 0 saturated heterocycles. The third-order valence-corrected chi connectivity index (χ3v) is 2.49. The number of hydrogen-bond acceptors (Lipinski definition) is 2. The molecule has 15 heavy (non-hydrogen) atoms. The van der Waals surface area contributed by atoms with Crippen LogP contribution in [0, 0.1) is 0 Å². The van der Waals surface area contributed by atoms with Crippen molar-refractivity contribution in [2.45, 2.75) is 18.8 Å². The molecule has 0 aliphatic heterocycles. The van der Waals surface area contributed by atoms with E-state index in [4.69, 9.17) is 5.11 Å². The first kappa shape index (κ1) is 9.77. The van der Waals surface area contributed by atoms with Crippen LogP contribution >= 0.6 is 0 Å². The van der Waals surface area contributed by atoms with E-state index in [-0.39, 0.29) is 5.75 Å². The minimum atomic E-state index is -0.985. The highest BCUT2D eigenvalue weighted by molar-refractivity contribution is 5.85. The van der Waals surface area contributed by atoms with Crippen molar-refractivity contribution in [1.82, 2.24) is 0 Å². The van der Waals surface area contributed by atoms with Gasteiger partial charge in [0.25, 0.3) is 0 Å². The summed E-state index contributed by atoms with van der Waals surface area (Å²) in [6.45, 7) is 0. The Morgan fingerprint density at radius 3 is 2.67 bits per heavy atom. The molecule has 0 aromatic heterocycles. The van der Waals surface area contributed by atoms with Crippen molar-refractivity contribution in [3.05, 3.63) is 35.4 Å². The van der Waals surface area contributed by atoms with E-state index >= 15 is 0 Å². The summed E-state index contributed by atoms with van der Waals surface area (Å²) in [5, 5.41) is 18.1. The molecule has 0 bridgehead atoms. The van der Waals surface area contributed by atoms with E-state index in [9.17, 15) is 9.90 Å². The van der Waals surface area contributed by atoms with Crippen LogP contribution in [-0.4, -0.2) is 16.2 Å². The quantitative estimate of drug-likeness (QED) is 0.743. The Kier molecular flexibility index (Phi) is 2.46. The minimum Gasteiger partial charge on any atom is -0.508 e. The van der Waals surface area contributed by atoms with Gasteiger partial charge in [-0.3, -0.25) is 0 Å². The van der Waals surface area contributed by atoms with Gasteiger partial charge in [-0.15, -0.1) is 0 Å². The Balaban J connectivity index is 2.21. The Bertz CT molecular complexity index is 417. The predicted molar refractivity (Wildman–Crippen MR) is 56.8 cm³/mol. The van der Waals surface area contributed by atoms with Gasteiger partial charge in [0.15, 0.2) is 0 Å². The monoisotopic (exact) mass is 204 g/mol. The Morgan fingerprint density at radius 2 is 2.13 bits per heavy atom. The van der Waals surface area contributed by atoms with Gasteiger partial charge in [-0.25, -0.2) is 4.79 Å². The van der Waals surface area contributed by atoms with Crippen LogP contribution in [0.25, 0.3) is 6.08 Å². The fourth-order valence-electron chi connectivity index (χ4n) is 1.57. The van der Waals surface area contributed by atoms with E-state index in [0.29, 0.717) is 11.5 Å². The fourth-order valence-corrected chi connectivity index (χ4v) is 1.57. The number of phenolic OH excluding ortho intramolecular Hbond substituents is 1. The molecule has 2 N–H and O–H groups in total. The summed E-state index contributed by atoms with van der Waals surface area (Å²) in [5.41, 5.74) is 1.68. The largest absolute Gasteiger partial charge is 0.508 e. The van der Waals surface area contributed by atoms with Crippen molar-refractivity contribution in [3.63, 3.8) is 0 Å². The first-order valence-corrected chi connectivity index (χ1v) is 4.91. The summed E-state index contributed by atoms with van der Waals surface area (Å²) < 4.78 is 0. The van der Waals surface area contributed by atoms with Crippen LogP contribution in [0.3, 0.4) is 0 Å². The minimum absolute atomic E-state index is 0.269. The van der Waals surface area contributed by atoms with Gasteiger partial charge in [0.05, 0.1) is 0 Å². The van der Waals surface area contributed by atoms with Crippen LogP contribution in [0.4, 0.5) is 0 Å². The SMILES string of the molecule is O=C(O)/C=C/c1ccc(C2CC2)c(O)c1. The van der Waals surface area contributed by atoms with E-state index in [1.807, 2.05) is 12.1 Å². The van der Waals surface area contributed by atoms with Crippen LogP contribution in [0.5, 0.6) is 5.75 Å². The zero-order chi connectivity index (χ0) is 10.8. The first-order chi connectivity index (χ1) is 7.16. The number of carboxylic acid groups (broad SMARTS) is 1. The van der Waals surface area contributed by atoms with Gasteiger partial charge in [0, 0.05) is 6.08 Å². The summed E-state index contributed by atoms with van der Waals surface area (Å²) in [6, 6.07) is 5.30. The highest BCUT2D eigenvalue weighted by Gasteiger charge is 2.25. The first-order valence-electron chi connectivity index (χ1n) is 4.91. The highest BCUT2D eigenvalue weighted by atomic mass is 16.4. The van der Waals surface area contributed by atoms with Gasteiger partial charge >= 0.3 is 5.97 Å². The summed E-state index contributed by atoms with van der Waals surface area (Å²) in [4.78, 5) is 10.3. The number of benzene rings is 1. The fraction of sp³-hybridized carbons (Fsp3) is 0.250. The normalized spacial score (nSPS) is 15.7. The second-order valence-electron chi connectivity index (χ2n) is 3.76. The zero-order valence-corrected chi connectivity index (χ0v) is 8.18. The predicted octanol–water partition coefficient (Wildman–Crippen LogP) is 2.37. The summed E-state index contributed by atoms with van der Waals surface area (Å²) in [6.07, 6.45) is 4.81. The summed E-state index contributed by atoms with van der Waals surface area (Å²) >= 11 is 0. The second kappa shape index (κ2) is 3.77. The smallest absolute Gasteiger partial charge is 0.328 e. The van der Waals surface area contributed by atoms with Crippen LogP contribution < -0.4 is 0 Å². The van der Waals surface area contributed by atoms with Gasteiger partial charge in [-0.1, -0.05) is 12.1 Å². The molecule has 0 radical (unpaired) electrons. The van der Waals surface area contributed by atoms with Gasteiger partial charge in [0.2, 0.25) is 0 Å². The molecule has 0 atom stereocenters. The standard InChI is InChI=1S/C12H12O3/c13-11-7-8(2-6-12(14)15)1-5-10(11)9-3-4-9/h1-2,5-7,9,13H,3-4H2,(H,14,15)/b6-2+. The molecule has 0 unspecified atom stereocenters. The lowest BCUT2D eigenvalue weighted by Gasteiger charge is -2.03. The van der Waals surface area contributed by atoms with E-state index in [0.717, 1.165) is 24.5 Å². The molecule has 3 nitrogen and oxygen atoms in total. The van der Waals surface area contributed by atoms with E-state index in [1.165, 1.54) is 6.08 Å². The molecule has 0 heterocycles. The van der Waals surface area contributed by atoms with Crippen molar-refractivity contribution in [2.75, 3.05) is 0 Å². The molecule has 2 rings (SSSR count). The molecule has 1 aliphatic rings. The molecule has 1 fully saturated rings. The average molecular weight is 204 g/mol. The van der Waals surface area contributed by atoms with Crippen molar-refractivity contribution in [1.29, 1.82) is 0 Å². The third kappa shape index (κ3) is 2.37. The van der Waals surface area contributed by atoms with Crippen LogP contribution in [-0.2, 0) is 4.79 Å². The van der Waals surface area contributed by atoms with Gasteiger partial charge in [0.1, 0.15) is 5.75 Å². The summed E-state index contributed by atoms with van der Waals surface area (Å²) in [7, 11) is 0. The molecule has 0 spiro atoms. The van der Waals surface area contributed by atoms with Crippen LogP contribution in [0.2, 0.25) is 0 Å². The molecule has 0 amide bonds. The zero-order valence-electron chi connectivity index (χ0n) is 8.18. The number of carboxylic acids is 1. The van der Waals surface area contributed by atoms with E-state index in [1.54, 1.807) is 6.07 Å². The van der Waals surface area contributed by atoms with Crippen molar-refractivity contribution in [2.24, 2.45) is 0 Å². The van der Waals surface area contributed by atoms with Crippen molar-refractivity contribution >= 4 is 12.0 Å². The van der Waals surface area contributed by atoms with Gasteiger partial charge in [-0.2, -0.15) is 0 Å². The van der Waals surface area contributed by atoms with Gasteiger partial charge in [-0.05, 0) is 42.0 Å². The summed E-state index contributed by atoms with van der Waals surface area (Å²) in [5.74, 6) is -0.215. The van der Waals surface area contributed by atoms with Crippen LogP contribution in [0.1, 0.15) is 29.9 Å². The molecule has 1 aromatic rings. The molecular weight excluding hydrogens is 192 g/mol. The van der Waals surface area contributed by atoms with Crippen molar-refractivity contribution < 1.29 is 15.0 Å². The maximum atomic E-state index is 10.3. The third-order valence-electron chi connectivity index (χ3n) is 2.49. The average Bonchev–Trinajstić information content (AvgIpc) is 2.98. The molecule has 3 heteroatoms. The molecule has 1 aliphatic carbocycles. The van der Waals surface area contributed by atoms with Crippen molar-refractivity contribution in [3.8, 4) is 5.75 Å². The molecular formula is C12H12O3. The number of carbonyl (C=O) groups is 1. The lowest BCUT2D eigenvalue weighted by atomic mass is 10.1. The maximum Gasteiger partial charge on any atom is 0.328 e. The molecule has 78 valence electrons.